The van der Waals surface area contributed by atoms with Crippen LogP contribution in [0, 0.1) is 6.92 Å². The van der Waals surface area contributed by atoms with Crippen LogP contribution in [-0.4, -0.2) is 19.6 Å². The first-order chi connectivity index (χ1) is 9.28. The molecule has 0 atom stereocenters. The zero-order valence-corrected chi connectivity index (χ0v) is 10.7. The molecular weight excluding hydrogens is 238 g/mol. The Morgan fingerprint density at radius 2 is 1.95 bits per heavy atom. The SMILES string of the molecule is Cc1cc2nnc(Cc3ccccc3CN)n2cn1. The van der Waals surface area contributed by atoms with Crippen LogP contribution >= 0.6 is 0 Å². The highest BCUT2D eigenvalue weighted by molar-refractivity contribution is 5.39. The molecule has 0 radical (unpaired) electrons. The Morgan fingerprint density at radius 3 is 2.74 bits per heavy atom. The molecule has 5 heteroatoms. The van der Waals surface area contributed by atoms with Gasteiger partial charge in [0.25, 0.3) is 0 Å². The van der Waals surface area contributed by atoms with Gasteiger partial charge in [-0.05, 0) is 18.1 Å². The van der Waals surface area contributed by atoms with Crippen LogP contribution in [0.1, 0.15) is 22.6 Å². The van der Waals surface area contributed by atoms with Gasteiger partial charge in [-0.2, -0.15) is 0 Å². The first kappa shape index (κ1) is 11.8. The van der Waals surface area contributed by atoms with Crippen LogP contribution in [0.3, 0.4) is 0 Å². The van der Waals surface area contributed by atoms with E-state index in [1.165, 1.54) is 5.56 Å². The van der Waals surface area contributed by atoms with E-state index in [4.69, 9.17) is 5.73 Å². The van der Waals surface area contributed by atoms with E-state index in [-0.39, 0.29) is 0 Å². The van der Waals surface area contributed by atoms with E-state index in [0.717, 1.165) is 22.7 Å². The van der Waals surface area contributed by atoms with Crippen LogP contribution in [0.15, 0.2) is 36.7 Å². The highest BCUT2D eigenvalue weighted by Crippen LogP contribution is 2.14. The second kappa shape index (κ2) is 4.78. The molecule has 0 saturated carbocycles. The Labute approximate surface area is 111 Å². The van der Waals surface area contributed by atoms with Gasteiger partial charge < -0.3 is 5.73 Å². The Kier molecular flexibility index (Phi) is 2.97. The second-order valence-corrected chi connectivity index (χ2v) is 4.52. The fourth-order valence-electron chi connectivity index (χ4n) is 2.15. The van der Waals surface area contributed by atoms with Crippen molar-refractivity contribution in [2.75, 3.05) is 0 Å². The highest BCUT2D eigenvalue weighted by Gasteiger charge is 2.08. The smallest absolute Gasteiger partial charge is 0.163 e. The maximum atomic E-state index is 5.76. The van der Waals surface area contributed by atoms with Crippen molar-refractivity contribution in [2.24, 2.45) is 5.73 Å². The minimum atomic E-state index is 0.532. The minimum absolute atomic E-state index is 0.532. The monoisotopic (exact) mass is 253 g/mol. The fourth-order valence-corrected chi connectivity index (χ4v) is 2.15. The summed E-state index contributed by atoms with van der Waals surface area (Å²) in [4.78, 5) is 4.28. The summed E-state index contributed by atoms with van der Waals surface area (Å²) in [6.07, 6.45) is 2.48. The molecule has 0 unspecified atom stereocenters. The molecule has 3 aromatic rings. The van der Waals surface area contributed by atoms with Crippen LogP contribution < -0.4 is 5.73 Å². The van der Waals surface area contributed by atoms with Crippen molar-refractivity contribution in [3.63, 3.8) is 0 Å². The van der Waals surface area contributed by atoms with Crippen LogP contribution in [0.2, 0.25) is 0 Å². The van der Waals surface area contributed by atoms with Crippen LogP contribution in [-0.2, 0) is 13.0 Å². The summed E-state index contributed by atoms with van der Waals surface area (Å²) < 4.78 is 1.92. The first-order valence-electron chi connectivity index (χ1n) is 6.21. The minimum Gasteiger partial charge on any atom is -0.326 e. The van der Waals surface area contributed by atoms with Gasteiger partial charge in [0.05, 0.1) is 0 Å². The van der Waals surface area contributed by atoms with Crippen molar-refractivity contribution in [3.8, 4) is 0 Å². The lowest BCUT2D eigenvalue weighted by atomic mass is 10.0. The molecule has 2 aromatic heterocycles. The predicted molar refractivity (Wildman–Crippen MR) is 72.7 cm³/mol. The summed E-state index contributed by atoms with van der Waals surface area (Å²) >= 11 is 0. The van der Waals surface area contributed by atoms with Crippen molar-refractivity contribution in [3.05, 3.63) is 59.3 Å². The maximum Gasteiger partial charge on any atom is 0.163 e. The molecule has 3 rings (SSSR count). The number of nitrogens with zero attached hydrogens (tertiary/aromatic N) is 4. The van der Waals surface area contributed by atoms with E-state index in [0.29, 0.717) is 13.0 Å². The summed E-state index contributed by atoms with van der Waals surface area (Å²) in [7, 11) is 0. The lowest BCUT2D eigenvalue weighted by Gasteiger charge is -2.06. The summed E-state index contributed by atoms with van der Waals surface area (Å²) in [6.45, 7) is 2.47. The zero-order valence-electron chi connectivity index (χ0n) is 10.7. The lowest BCUT2D eigenvalue weighted by molar-refractivity contribution is 0.899. The molecule has 2 N–H and O–H groups in total. The van der Waals surface area contributed by atoms with Gasteiger partial charge >= 0.3 is 0 Å². The van der Waals surface area contributed by atoms with Crippen LogP contribution in [0.5, 0.6) is 0 Å². The van der Waals surface area contributed by atoms with Gasteiger partial charge in [0.15, 0.2) is 5.65 Å². The van der Waals surface area contributed by atoms with Gasteiger partial charge in [0.2, 0.25) is 0 Å². The molecule has 2 heterocycles. The zero-order chi connectivity index (χ0) is 13.2. The normalized spacial score (nSPS) is 11.1. The summed E-state index contributed by atoms with van der Waals surface area (Å²) in [5.74, 6) is 0.878. The van der Waals surface area contributed by atoms with E-state index in [9.17, 15) is 0 Å². The summed E-state index contributed by atoms with van der Waals surface area (Å²) in [5, 5.41) is 8.41. The Hall–Kier alpha value is -2.27. The van der Waals surface area contributed by atoms with Gasteiger partial charge in [-0.1, -0.05) is 24.3 Å². The lowest BCUT2D eigenvalue weighted by Crippen LogP contribution is -2.04. The highest BCUT2D eigenvalue weighted by atomic mass is 15.3. The van der Waals surface area contributed by atoms with Crippen molar-refractivity contribution in [2.45, 2.75) is 19.9 Å². The van der Waals surface area contributed by atoms with Gasteiger partial charge in [0.1, 0.15) is 12.2 Å². The number of rotatable bonds is 3. The third-order valence-corrected chi connectivity index (χ3v) is 3.19. The fraction of sp³-hybridized carbons (Fsp3) is 0.214. The molecule has 0 aliphatic rings. The van der Waals surface area contributed by atoms with Crippen molar-refractivity contribution in [1.82, 2.24) is 19.6 Å². The van der Waals surface area contributed by atoms with E-state index in [1.807, 2.05) is 35.6 Å². The maximum absolute atomic E-state index is 5.76. The standard InChI is InChI=1S/C14H15N5/c1-10-6-13-17-18-14(19(13)9-16-10)7-11-4-2-3-5-12(11)8-15/h2-6,9H,7-8,15H2,1H3. The summed E-state index contributed by atoms with van der Waals surface area (Å²) in [6, 6.07) is 10.1. The molecular formula is C14H15N5. The number of hydrogen-bond donors (Lipinski definition) is 1. The molecule has 0 bridgehead atoms. The largest absolute Gasteiger partial charge is 0.326 e. The Bertz CT molecular complexity index is 717. The van der Waals surface area contributed by atoms with Crippen molar-refractivity contribution < 1.29 is 0 Å². The topological polar surface area (TPSA) is 69.1 Å². The number of aryl methyl sites for hydroxylation is 1. The molecule has 0 amide bonds. The molecule has 0 saturated heterocycles. The average molecular weight is 253 g/mol. The van der Waals surface area contributed by atoms with E-state index in [2.05, 4.69) is 21.2 Å². The van der Waals surface area contributed by atoms with Gasteiger partial charge in [-0.15, -0.1) is 10.2 Å². The molecule has 0 fully saturated rings. The molecule has 0 aliphatic heterocycles. The van der Waals surface area contributed by atoms with E-state index in [1.54, 1.807) is 6.33 Å². The number of fused-ring (bicyclic) bond motifs is 1. The van der Waals surface area contributed by atoms with E-state index < -0.39 is 0 Å². The van der Waals surface area contributed by atoms with Crippen molar-refractivity contribution >= 4 is 5.65 Å². The Morgan fingerprint density at radius 1 is 1.16 bits per heavy atom. The molecule has 0 spiro atoms. The molecule has 5 nitrogen and oxygen atoms in total. The summed E-state index contributed by atoms with van der Waals surface area (Å²) in [5.41, 5.74) is 9.84. The quantitative estimate of drug-likeness (QED) is 0.767. The predicted octanol–water partition coefficient (Wildman–Crippen LogP) is 1.48. The average Bonchev–Trinajstić information content (AvgIpc) is 2.82. The van der Waals surface area contributed by atoms with E-state index >= 15 is 0 Å². The van der Waals surface area contributed by atoms with Crippen LogP contribution in [0.4, 0.5) is 0 Å². The Balaban J connectivity index is 2.01. The number of nitrogens with two attached hydrogens (primary N) is 1. The van der Waals surface area contributed by atoms with Crippen LogP contribution in [0.25, 0.3) is 5.65 Å². The first-order valence-corrected chi connectivity index (χ1v) is 6.21. The number of hydrogen-bond acceptors (Lipinski definition) is 4. The number of aromatic nitrogens is 4. The molecule has 19 heavy (non-hydrogen) atoms. The third-order valence-electron chi connectivity index (χ3n) is 3.19. The molecule has 0 aliphatic carbocycles. The van der Waals surface area contributed by atoms with Crippen molar-refractivity contribution in [1.29, 1.82) is 0 Å². The van der Waals surface area contributed by atoms with Gasteiger partial charge in [-0.25, -0.2) is 4.98 Å². The number of benzene rings is 1. The van der Waals surface area contributed by atoms with Gasteiger partial charge in [-0.3, -0.25) is 4.40 Å². The molecule has 1 aromatic carbocycles. The van der Waals surface area contributed by atoms with Gasteiger partial charge in [0, 0.05) is 24.7 Å². The third kappa shape index (κ3) is 2.20. The molecule has 96 valence electrons. The second-order valence-electron chi connectivity index (χ2n) is 4.52.